The van der Waals surface area contributed by atoms with Crippen LogP contribution in [0.15, 0.2) is 0 Å². The molecule has 20 heavy (non-hydrogen) atoms. The zero-order chi connectivity index (χ0) is 14.3. The van der Waals surface area contributed by atoms with Gasteiger partial charge in [-0.25, -0.2) is 4.79 Å². The summed E-state index contributed by atoms with van der Waals surface area (Å²) in [5, 5.41) is 12.8. The second-order valence-corrected chi connectivity index (χ2v) is 6.71. The Balaban J connectivity index is 1.81. The number of rotatable bonds is 3. The average Bonchev–Trinajstić information content (AvgIpc) is 3.03. The van der Waals surface area contributed by atoms with E-state index in [1.54, 1.807) is 0 Å². The highest BCUT2D eigenvalue weighted by Gasteiger charge is 2.30. The Labute approximate surface area is 121 Å². The summed E-state index contributed by atoms with van der Waals surface area (Å²) < 4.78 is 0. The van der Waals surface area contributed by atoms with Crippen molar-refractivity contribution in [2.45, 2.75) is 25.7 Å². The molecule has 3 rings (SSSR count). The molecule has 1 aliphatic heterocycles. The molecule has 2 heterocycles. The topological polar surface area (TPSA) is 69.6 Å². The summed E-state index contributed by atoms with van der Waals surface area (Å²) in [5.41, 5.74) is 1.25. The minimum Gasteiger partial charge on any atom is -0.478 e. The van der Waals surface area contributed by atoms with E-state index in [9.17, 15) is 14.7 Å². The number of hydrogen-bond acceptors (Lipinski definition) is 4. The maximum Gasteiger partial charge on any atom is 0.339 e. The van der Waals surface area contributed by atoms with Crippen LogP contribution < -0.4 is 5.32 Å². The number of aryl methyl sites for hydroxylation is 1. The van der Waals surface area contributed by atoms with Crippen LogP contribution in [0.1, 0.15) is 33.6 Å². The maximum atomic E-state index is 12.2. The Morgan fingerprint density at radius 3 is 2.85 bits per heavy atom. The van der Waals surface area contributed by atoms with Gasteiger partial charge in [-0.15, -0.1) is 11.3 Å². The minimum atomic E-state index is -0.928. The van der Waals surface area contributed by atoms with Crippen molar-refractivity contribution in [1.29, 1.82) is 0 Å². The lowest BCUT2D eigenvalue weighted by atomic mass is 10.1. The summed E-state index contributed by atoms with van der Waals surface area (Å²) >= 11 is 1.44. The molecule has 2 N–H and O–H groups in total. The first kappa shape index (κ1) is 13.6. The molecule has 1 aliphatic carbocycles. The minimum absolute atomic E-state index is 0.0291. The number of carboxylic acids is 1. The fourth-order valence-electron chi connectivity index (χ4n) is 3.08. The lowest BCUT2D eigenvalue weighted by Gasteiger charge is -2.11. The Hall–Kier alpha value is -1.40. The van der Waals surface area contributed by atoms with E-state index in [4.69, 9.17) is 0 Å². The van der Waals surface area contributed by atoms with Crippen molar-refractivity contribution in [3.8, 4) is 0 Å². The zero-order valence-corrected chi connectivity index (χ0v) is 12.3. The van der Waals surface area contributed by atoms with Gasteiger partial charge in [-0.05, 0) is 44.8 Å². The van der Waals surface area contributed by atoms with Gasteiger partial charge in [0.25, 0.3) is 0 Å². The van der Waals surface area contributed by atoms with Crippen LogP contribution in [0.3, 0.4) is 0 Å². The monoisotopic (exact) mass is 294 g/mol. The number of thiophene rings is 1. The van der Waals surface area contributed by atoms with Gasteiger partial charge < -0.3 is 15.3 Å². The van der Waals surface area contributed by atoms with Gasteiger partial charge in [-0.2, -0.15) is 0 Å². The van der Waals surface area contributed by atoms with Crippen molar-refractivity contribution in [3.63, 3.8) is 0 Å². The van der Waals surface area contributed by atoms with E-state index in [-0.39, 0.29) is 11.8 Å². The number of amides is 1. The van der Waals surface area contributed by atoms with Crippen molar-refractivity contribution in [2.24, 2.45) is 5.92 Å². The number of likely N-dealkylation sites (tertiary alicyclic amines) is 1. The molecule has 1 amide bonds. The average molecular weight is 294 g/mol. The maximum absolute atomic E-state index is 12.2. The summed E-state index contributed by atoms with van der Waals surface area (Å²) in [6.07, 6.45) is 3.61. The van der Waals surface area contributed by atoms with Crippen molar-refractivity contribution in [3.05, 3.63) is 16.0 Å². The van der Waals surface area contributed by atoms with Gasteiger partial charge in [0.05, 0.1) is 11.5 Å². The standard InChI is InChI=1S/C14H18N2O3S/c1-16-6-5-8(7-16)12(17)15-13-11(14(18)19)9-3-2-4-10(9)20-13/h8H,2-7H2,1H3,(H,15,17)(H,18,19). The predicted octanol–water partition coefficient (Wildman–Crippen LogP) is 1.83. The predicted molar refractivity (Wildman–Crippen MR) is 77.5 cm³/mol. The lowest BCUT2D eigenvalue weighted by molar-refractivity contribution is -0.119. The number of nitrogens with zero attached hydrogens (tertiary/aromatic N) is 1. The fourth-order valence-corrected chi connectivity index (χ4v) is 4.37. The molecular weight excluding hydrogens is 276 g/mol. The van der Waals surface area contributed by atoms with Gasteiger partial charge in [0.15, 0.2) is 0 Å². The molecule has 0 saturated carbocycles. The highest BCUT2D eigenvalue weighted by molar-refractivity contribution is 7.17. The zero-order valence-electron chi connectivity index (χ0n) is 11.4. The molecular formula is C14H18N2O3S. The number of fused-ring (bicyclic) bond motifs is 1. The number of aromatic carboxylic acids is 1. The Kier molecular flexibility index (Phi) is 3.52. The Morgan fingerprint density at radius 1 is 1.40 bits per heavy atom. The van der Waals surface area contributed by atoms with Gasteiger partial charge in [0.2, 0.25) is 5.91 Å². The van der Waals surface area contributed by atoms with Crippen molar-refractivity contribution < 1.29 is 14.7 Å². The molecule has 1 saturated heterocycles. The number of hydrogen-bond donors (Lipinski definition) is 2. The van der Waals surface area contributed by atoms with Gasteiger partial charge in [0, 0.05) is 11.4 Å². The molecule has 5 nitrogen and oxygen atoms in total. The molecule has 6 heteroatoms. The summed E-state index contributed by atoms with van der Waals surface area (Å²) in [6, 6.07) is 0. The van der Waals surface area contributed by atoms with Crippen LogP contribution in [0.5, 0.6) is 0 Å². The van der Waals surface area contributed by atoms with E-state index >= 15 is 0 Å². The third-order valence-electron chi connectivity index (χ3n) is 4.13. The second-order valence-electron chi connectivity index (χ2n) is 5.60. The molecule has 1 fully saturated rings. The van der Waals surface area contributed by atoms with Crippen LogP contribution >= 0.6 is 11.3 Å². The van der Waals surface area contributed by atoms with E-state index in [2.05, 4.69) is 10.2 Å². The molecule has 0 bridgehead atoms. The number of nitrogens with one attached hydrogen (secondary N) is 1. The van der Waals surface area contributed by atoms with Crippen molar-refractivity contribution in [2.75, 3.05) is 25.5 Å². The molecule has 0 spiro atoms. The van der Waals surface area contributed by atoms with E-state index < -0.39 is 5.97 Å². The first-order chi connectivity index (χ1) is 9.56. The van der Waals surface area contributed by atoms with Gasteiger partial charge in [0.1, 0.15) is 5.00 Å². The normalized spacial score (nSPS) is 21.9. The van der Waals surface area contributed by atoms with Crippen LogP contribution in [0.25, 0.3) is 0 Å². The third kappa shape index (κ3) is 2.33. The Morgan fingerprint density at radius 2 is 2.20 bits per heavy atom. The van der Waals surface area contributed by atoms with Crippen LogP contribution in [-0.2, 0) is 17.6 Å². The number of carboxylic acid groups (broad SMARTS) is 1. The molecule has 1 aromatic heterocycles. The first-order valence-electron chi connectivity index (χ1n) is 6.93. The van der Waals surface area contributed by atoms with Gasteiger partial charge in [-0.3, -0.25) is 4.79 Å². The molecule has 2 aliphatic rings. The number of carbonyl (C=O) groups is 2. The second kappa shape index (κ2) is 5.18. The summed E-state index contributed by atoms with van der Waals surface area (Å²) in [7, 11) is 2.00. The SMILES string of the molecule is CN1CCC(C(=O)Nc2sc3c(c2C(=O)O)CCC3)C1. The molecule has 0 aromatic carbocycles. The number of anilines is 1. The highest BCUT2D eigenvalue weighted by Crippen LogP contribution is 2.39. The molecule has 108 valence electrons. The van der Waals surface area contributed by atoms with Crippen molar-refractivity contribution in [1.82, 2.24) is 4.90 Å². The van der Waals surface area contributed by atoms with E-state index in [1.165, 1.54) is 11.3 Å². The first-order valence-corrected chi connectivity index (χ1v) is 7.75. The van der Waals surface area contributed by atoms with Crippen molar-refractivity contribution >= 4 is 28.2 Å². The fraction of sp³-hybridized carbons (Fsp3) is 0.571. The quantitative estimate of drug-likeness (QED) is 0.892. The van der Waals surface area contributed by atoms with E-state index in [0.717, 1.165) is 49.2 Å². The van der Waals surface area contributed by atoms with Crippen LogP contribution in [0, 0.1) is 5.92 Å². The largest absolute Gasteiger partial charge is 0.478 e. The number of carbonyl (C=O) groups excluding carboxylic acids is 1. The molecule has 1 aromatic rings. The Bertz CT molecular complexity index is 567. The lowest BCUT2D eigenvalue weighted by Crippen LogP contribution is -2.25. The summed E-state index contributed by atoms with van der Waals surface area (Å²) in [6.45, 7) is 1.67. The van der Waals surface area contributed by atoms with Gasteiger partial charge >= 0.3 is 5.97 Å². The smallest absolute Gasteiger partial charge is 0.339 e. The van der Waals surface area contributed by atoms with Gasteiger partial charge in [-0.1, -0.05) is 0 Å². The molecule has 0 radical (unpaired) electrons. The van der Waals surface area contributed by atoms with E-state index in [1.807, 2.05) is 7.05 Å². The summed E-state index contributed by atoms with van der Waals surface area (Å²) in [5.74, 6) is -1.00. The highest BCUT2D eigenvalue weighted by atomic mass is 32.1. The molecule has 1 atom stereocenters. The third-order valence-corrected chi connectivity index (χ3v) is 5.34. The molecule has 1 unspecified atom stereocenters. The van der Waals surface area contributed by atoms with Crippen LogP contribution in [-0.4, -0.2) is 42.0 Å². The van der Waals surface area contributed by atoms with Crippen LogP contribution in [0.2, 0.25) is 0 Å². The summed E-state index contributed by atoms with van der Waals surface area (Å²) in [4.78, 5) is 26.9. The van der Waals surface area contributed by atoms with Crippen LogP contribution in [0.4, 0.5) is 5.00 Å². The van der Waals surface area contributed by atoms with E-state index in [0.29, 0.717) is 10.6 Å².